The van der Waals surface area contributed by atoms with Gasteiger partial charge in [-0.2, -0.15) is 0 Å². The summed E-state index contributed by atoms with van der Waals surface area (Å²) >= 11 is 0. The molecule has 0 aliphatic carbocycles. The minimum Gasteiger partial charge on any atom is -0.473 e. The highest BCUT2D eigenvalue weighted by molar-refractivity contribution is 5.97. The van der Waals surface area contributed by atoms with E-state index in [0.717, 1.165) is 5.56 Å². The number of aromatic nitrogens is 1. The Labute approximate surface area is 128 Å². The molecule has 0 spiro atoms. The molecule has 114 valence electrons. The zero-order valence-corrected chi connectivity index (χ0v) is 12.2. The minimum atomic E-state index is -0.741. The van der Waals surface area contributed by atoms with Gasteiger partial charge in [-0.3, -0.25) is 9.59 Å². The Hall–Kier alpha value is -2.89. The van der Waals surface area contributed by atoms with Crippen molar-refractivity contribution in [3.05, 3.63) is 59.8 Å². The highest BCUT2D eigenvalue weighted by atomic mass is 16.5. The number of primary amides is 1. The van der Waals surface area contributed by atoms with Crippen LogP contribution in [0.25, 0.3) is 0 Å². The molecule has 1 heterocycles. The number of hydrogen-bond acceptors (Lipinski definition) is 4. The number of benzene rings is 1. The van der Waals surface area contributed by atoms with E-state index in [9.17, 15) is 9.59 Å². The molecule has 6 nitrogen and oxygen atoms in total. The van der Waals surface area contributed by atoms with Gasteiger partial charge < -0.3 is 15.8 Å². The molecule has 2 amide bonds. The average molecular weight is 299 g/mol. The van der Waals surface area contributed by atoms with Crippen molar-refractivity contribution in [3.63, 3.8) is 0 Å². The molecule has 1 aromatic heterocycles. The van der Waals surface area contributed by atoms with E-state index in [0.29, 0.717) is 18.1 Å². The van der Waals surface area contributed by atoms with Gasteiger partial charge in [0.25, 0.3) is 5.91 Å². The molecular weight excluding hydrogens is 282 g/mol. The second kappa shape index (κ2) is 7.21. The summed E-state index contributed by atoms with van der Waals surface area (Å²) in [6.07, 6.45) is 1.48. The van der Waals surface area contributed by atoms with Crippen LogP contribution in [-0.4, -0.2) is 22.8 Å². The van der Waals surface area contributed by atoms with Crippen molar-refractivity contribution >= 4 is 11.8 Å². The quantitative estimate of drug-likeness (QED) is 0.839. The number of nitrogens with two attached hydrogens (primary N) is 1. The molecule has 0 saturated carbocycles. The molecular formula is C16H17N3O3. The molecule has 0 radical (unpaired) electrons. The number of amides is 2. The van der Waals surface area contributed by atoms with E-state index in [1.165, 1.54) is 19.2 Å². The Morgan fingerprint density at radius 1 is 1.27 bits per heavy atom. The van der Waals surface area contributed by atoms with Crippen LogP contribution >= 0.6 is 0 Å². The molecule has 0 fully saturated rings. The van der Waals surface area contributed by atoms with Gasteiger partial charge in [-0.15, -0.1) is 0 Å². The molecule has 22 heavy (non-hydrogen) atoms. The lowest BCUT2D eigenvalue weighted by atomic mass is 10.2. The third-order valence-electron chi connectivity index (χ3n) is 3.00. The monoisotopic (exact) mass is 299 g/mol. The van der Waals surface area contributed by atoms with Crippen LogP contribution in [0.4, 0.5) is 0 Å². The van der Waals surface area contributed by atoms with E-state index in [-0.39, 0.29) is 0 Å². The van der Waals surface area contributed by atoms with Crippen molar-refractivity contribution < 1.29 is 14.3 Å². The standard InChI is InChI=1S/C16H17N3O3/c1-11(15(17)20)19-16(21)13-7-8-18-14(9-13)22-10-12-5-3-2-4-6-12/h2-9,11H,10H2,1H3,(H2,17,20)(H,19,21)/t11-/m1/s1. The lowest BCUT2D eigenvalue weighted by Gasteiger charge is -2.11. The number of nitrogens with zero attached hydrogens (tertiary/aromatic N) is 1. The minimum absolute atomic E-state index is 0.336. The SMILES string of the molecule is C[C@@H](NC(=O)c1ccnc(OCc2ccccc2)c1)C(N)=O. The van der Waals surface area contributed by atoms with Gasteiger partial charge in [-0.05, 0) is 18.6 Å². The van der Waals surface area contributed by atoms with Gasteiger partial charge in [-0.1, -0.05) is 30.3 Å². The lowest BCUT2D eigenvalue weighted by molar-refractivity contribution is -0.119. The molecule has 2 aromatic rings. The molecule has 0 saturated heterocycles. The molecule has 6 heteroatoms. The van der Waals surface area contributed by atoms with E-state index >= 15 is 0 Å². The number of nitrogens with one attached hydrogen (secondary N) is 1. The zero-order chi connectivity index (χ0) is 15.9. The van der Waals surface area contributed by atoms with Crippen LogP contribution in [0.3, 0.4) is 0 Å². The average Bonchev–Trinajstić information content (AvgIpc) is 2.54. The third-order valence-corrected chi connectivity index (χ3v) is 3.00. The number of ether oxygens (including phenoxy) is 1. The topological polar surface area (TPSA) is 94.3 Å². The maximum atomic E-state index is 12.0. The smallest absolute Gasteiger partial charge is 0.252 e. The van der Waals surface area contributed by atoms with Crippen molar-refractivity contribution in [1.82, 2.24) is 10.3 Å². The Morgan fingerprint density at radius 2 is 2.00 bits per heavy atom. The van der Waals surface area contributed by atoms with Crippen LogP contribution in [0.15, 0.2) is 48.7 Å². The first-order valence-electron chi connectivity index (χ1n) is 6.79. The van der Waals surface area contributed by atoms with E-state index in [1.807, 2.05) is 30.3 Å². The highest BCUT2D eigenvalue weighted by Gasteiger charge is 2.14. The Morgan fingerprint density at radius 3 is 2.68 bits per heavy atom. The Bertz CT molecular complexity index is 659. The van der Waals surface area contributed by atoms with Crippen LogP contribution in [0.2, 0.25) is 0 Å². The second-order valence-electron chi connectivity index (χ2n) is 4.75. The van der Waals surface area contributed by atoms with Gasteiger partial charge in [0.1, 0.15) is 12.6 Å². The van der Waals surface area contributed by atoms with E-state index < -0.39 is 17.9 Å². The van der Waals surface area contributed by atoms with Crippen molar-refractivity contribution in [2.75, 3.05) is 0 Å². The molecule has 0 bridgehead atoms. The van der Waals surface area contributed by atoms with Gasteiger partial charge in [0.05, 0.1) is 0 Å². The fourth-order valence-electron chi connectivity index (χ4n) is 1.71. The summed E-state index contributed by atoms with van der Waals surface area (Å²) in [5, 5.41) is 2.50. The van der Waals surface area contributed by atoms with Crippen molar-refractivity contribution in [2.24, 2.45) is 5.73 Å². The van der Waals surface area contributed by atoms with Crippen LogP contribution in [0.5, 0.6) is 5.88 Å². The molecule has 0 unspecified atom stereocenters. The first-order valence-corrected chi connectivity index (χ1v) is 6.79. The first kappa shape index (κ1) is 15.5. The van der Waals surface area contributed by atoms with E-state index in [1.54, 1.807) is 6.07 Å². The summed E-state index contributed by atoms with van der Waals surface area (Å²) in [6, 6.07) is 11.9. The third kappa shape index (κ3) is 4.31. The number of hydrogen-bond donors (Lipinski definition) is 2. The fourth-order valence-corrected chi connectivity index (χ4v) is 1.71. The molecule has 1 atom stereocenters. The van der Waals surface area contributed by atoms with Crippen molar-refractivity contribution in [1.29, 1.82) is 0 Å². The van der Waals surface area contributed by atoms with Gasteiger partial charge in [0.2, 0.25) is 11.8 Å². The lowest BCUT2D eigenvalue weighted by Crippen LogP contribution is -2.42. The highest BCUT2D eigenvalue weighted by Crippen LogP contribution is 2.12. The first-order chi connectivity index (χ1) is 10.6. The molecule has 3 N–H and O–H groups in total. The van der Waals surface area contributed by atoms with Gasteiger partial charge in [-0.25, -0.2) is 4.98 Å². The number of pyridine rings is 1. The molecule has 2 rings (SSSR count). The van der Waals surface area contributed by atoms with Crippen LogP contribution in [0.1, 0.15) is 22.8 Å². The summed E-state index contributed by atoms with van der Waals surface area (Å²) < 4.78 is 5.55. The van der Waals surface area contributed by atoms with Gasteiger partial charge >= 0.3 is 0 Å². The van der Waals surface area contributed by atoms with Crippen LogP contribution in [0, 0.1) is 0 Å². The fraction of sp³-hybridized carbons (Fsp3) is 0.188. The van der Waals surface area contributed by atoms with Crippen LogP contribution in [-0.2, 0) is 11.4 Å². The molecule has 0 aliphatic rings. The number of carbonyl (C=O) groups is 2. The number of rotatable bonds is 6. The summed E-state index contributed by atoms with van der Waals surface area (Å²) in [5.41, 5.74) is 6.47. The predicted molar refractivity (Wildman–Crippen MR) is 81.1 cm³/mol. The molecule has 1 aromatic carbocycles. The normalized spacial score (nSPS) is 11.5. The van der Waals surface area contributed by atoms with E-state index in [2.05, 4.69) is 10.3 Å². The van der Waals surface area contributed by atoms with Crippen LogP contribution < -0.4 is 15.8 Å². The maximum absolute atomic E-state index is 12.0. The summed E-state index contributed by atoms with van der Waals surface area (Å²) in [4.78, 5) is 27.0. The Kier molecular flexibility index (Phi) is 5.08. The largest absolute Gasteiger partial charge is 0.473 e. The Balaban J connectivity index is 2.00. The van der Waals surface area contributed by atoms with E-state index in [4.69, 9.17) is 10.5 Å². The predicted octanol–water partition coefficient (Wildman–Crippen LogP) is 1.26. The second-order valence-corrected chi connectivity index (χ2v) is 4.75. The zero-order valence-electron chi connectivity index (χ0n) is 12.2. The summed E-state index contributed by atoms with van der Waals surface area (Å²) in [7, 11) is 0. The summed E-state index contributed by atoms with van der Waals surface area (Å²) in [5.74, 6) is -0.663. The summed E-state index contributed by atoms with van der Waals surface area (Å²) in [6.45, 7) is 1.88. The maximum Gasteiger partial charge on any atom is 0.252 e. The van der Waals surface area contributed by atoms with Crippen molar-refractivity contribution in [2.45, 2.75) is 19.6 Å². The van der Waals surface area contributed by atoms with Gasteiger partial charge in [0, 0.05) is 17.8 Å². The number of carbonyl (C=O) groups excluding carboxylic acids is 2. The molecule has 0 aliphatic heterocycles. The van der Waals surface area contributed by atoms with Gasteiger partial charge in [0.15, 0.2) is 0 Å². The van der Waals surface area contributed by atoms with Crippen molar-refractivity contribution in [3.8, 4) is 5.88 Å².